The van der Waals surface area contributed by atoms with Gasteiger partial charge in [-0.2, -0.15) is 17.9 Å². The van der Waals surface area contributed by atoms with Crippen LogP contribution in [0.25, 0.3) is 0 Å². The molecule has 0 bridgehead atoms. The highest BCUT2D eigenvalue weighted by molar-refractivity contribution is 7.87. The molecule has 1 aliphatic rings. The topological polar surface area (TPSA) is 122 Å². The number of imide groups is 1. The smallest absolute Gasteiger partial charge is 0.328 e. The molecule has 1 aliphatic heterocycles. The average molecular weight is 355 g/mol. The van der Waals surface area contributed by atoms with Crippen molar-refractivity contribution in [2.45, 2.75) is 32.9 Å². The summed E-state index contributed by atoms with van der Waals surface area (Å²) in [6.45, 7) is 4.46. The minimum absolute atomic E-state index is 0.116. The second kappa shape index (κ2) is 6.67. The summed E-state index contributed by atoms with van der Waals surface area (Å²) < 4.78 is 27.7. The highest BCUT2D eigenvalue weighted by Crippen LogP contribution is 2.22. The molecule has 130 valence electrons. The minimum Gasteiger partial charge on any atom is -0.328 e. The van der Waals surface area contributed by atoms with Crippen molar-refractivity contribution in [3.63, 3.8) is 0 Å². The van der Waals surface area contributed by atoms with E-state index in [4.69, 9.17) is 4.84 Å². The Morgan fingerprint density at radius 2 is 1.54 bits per heavy atom. The molecule has 0 saturated carbocycles. The van der Waals surface area contributed by atoms with Crippen LogP contribution in [-0.2, 0) is 19.8 Å². The molecule has 9 nitrogen and oxygen atoms in total. The summed E-state index contributed by atoms with van der Waals surface area (Å²) in [4.78, 5) is 40.9. The van der Waals surface area contributed by atoms with E-state index in [2.05, 4.69) is 4.72 Å². The van der Waals surface area contributed by atoms with Gasteiger partial charge in [0.25, 0.3) is 22.0 Å². The number of nitrogens with zero attached hydrogens (tertiary/aromatic N) is 1. The highest BCUT2D eigenvalue weighted by Gasteiger charge is 2.39. The van der Waals surface area contributed by atoms with Gasteiger partial charge in [0.2, 0.25) is 0 Å². The Kier molecular flexibility index (Phi) is 5.02. The normalized spacial score (nSPS) is 15.6. The largest absolute Gasteiger partial charge is 0.350 e. The van der Waals surface area contributed by atoms with Crippen LogP contribution in [0.3, 0.4) is 0 Å². The standard InChI is InChI=1S/C14H17N3O6S/c1-8(2)15-24(21,22)16-9(3)14(20)23-17-12(18)10-6-4-5-7-11(10)13(17)19/h4-9,15-16H,1-3H3. The van der Waals surface area contributed by atoms with Gasteiger partial charge >= 0.3 is 5.97 Å². The van der Waals surface area contributed by atoms with E-state index in [0.717, 1.165) is 0 Å². The first-order valence-corrected chi connectivity index (χ1v) is 8.60. The Balaban J connectivity index is 2.06. The number of carbonyl (C=O) groups excluding carboxylic acids is 3. The van der Waals surface area contributed by atoms with Gasteiger partial charge in [-0.05, 0) is 32.9 Å². The molecule has 2 N–H and O–H groups in total. The van der Waals surface area contributed by atoms with Crippen LogP contribution >= 0.6 is 0 Å². The first-order valence-electron chi connectivity index (χ1n) is 7.11. The number of benzene rings is 1. The third-order valence-corrected chi connectivity index (χ3v) is 4.46. The number of hydroxylamine groups is 2. The lowest BCUT2D eigenvalue weighted by Gasteiger charge is -2.18. The molecule has 0 saturated heterocycles. The fourth-order valence-electron chi connectivity index (χ4n) is 2.04. The van der Waals surface area contributed by atoms with Crippen LogP contribution in [-0.4, -0.2) is 43.3 Å². The number of nitrogens with one attached hydrogen (secondary N) is 2. The molecular weight excluding hydrogens is 338 g/mol. The number of amides is 2. The van der Waals surface area contributed by atoms with Gasteiger partial charge in [0.05, 0.1) is 11.1 Å². The zero-order valence-corrected chi connectivity index (χ0v) is 14.1. The van der Waals surface area contributed by atoms with E-state index in [-0.39, 0.29) is 17.2 Å². The van der Waals surface area contributed by atoms with E-state index in [1.807, 2.05) is 4.72 Å². The maximum atomic E-state index is 12.1. The predicted molar refractivity (Wildman–Crippen MR) is 82.8 cm³/mol. The van der Waals surface area contributed by atoms with E-state index >= 15 is 0 Å². The minimum atomic E-state index is -3.93. The van der Waals surface area contributed by atoms with E-state index in [0.29, 0.717) is 5.06 Å². The van der Waals surface area contributed by atoms with Gasteiger partial charge in [0.15, 0.2) is 0 Å². The predicted octanol–water partition coefficient (Wildman–Crippen LogP) is -0.0383. The van der Waals surface area contributed by atoms with Gasteiger partial charge in [0.1, 0.15) is 6.04 Å². The Morgan fingerprint density at radius 3 is 2.00 bits per heavy atom. The highest BCUT2D eigenvalue weighted by atomic mass is 32.2. The number of hydrogen-bond acceptors (Lipinski definition) is 6. The monoisotopic (exact) mass is 355 g/mol. The number of hydrogen-bond donors (Lipinski definition) is 2. The Morgan fingerprint density at radius 1 is 1.04 bits per heavy atom. The van der Waals surface area contributed by atoms with Gasteiger partial charge in [-0.3, -0.25) is 9.59 Å². The molecule has 1 atom stereocenters. The fourth-order valence-corrected chi connectivity index (χ4v) is 3.29. The summed E-state index contributed by atoms with van der Waals surface area (Å²) in [5, 5.41) is 0.327. The van der Waals surface area contributed by atoms with Crippen molar-refractivity contribution in [1.82, 2.24) is 14.5 Å². The van der Waals surface area contributed by atoms with E-state index < -0.39 is 34.0 Å². The van der Waals surface area contributed by atoms with Gasteiger partial charge in [-0.25, -0.2) is 4.79 Å². The van der Waals surface area contributed by atoms with Crippen molar-refractivity contribution in [1.29, 1.82) is 0 Å². The second-order valence-electron chi connectivity index (χ2n) is 5.48. The summed E-state index contributed by atoms with van der Waals surface area (Å²) >= 11 is 0. The van der Waals surface area contributed by atoms with E-state index in [9.17, 15) is 22.8 Å². The molecule has 1 aromatic rings. The number of carbonyl (C=O) groups is 3. The van der Waals surface area contributed by atoms with Crippen LogP contribution in [0, 0.1) is 0 Å². The van der Waals surface area contributed by atoms with Crippen LogP contribution in [0.15, 0.2) is 24.3 Å². The van der Waals surface area contributed by atoms with Gasteiger partial charge in [-0.1, -0.05) is 17.2 Å². The van der Waals surface area contributed by atoms with Gasteiger partial charge in [-0.15, -0.1) is 0 Å². The summed E-state index contributed by atoms with van der Waals surface area (Å²) in [5.41, 5.74) is 0.231. The van der Waals surface area contributed by atoms with Crippen LogP contribution < -0.4 is 9.44 Å². The van der Waals surface area contributed by atoms with Crippen molar-refractivity contribution in [2.75, 3.05) is 0 Å². The summed E-state index contributed by atoms with van der Waals surface area (Å²) in [5.74, 6) is -2.64. The third-order valence-electron chi connectivity index (χ3n) is 3.01. The van der Waals surface area contributed by atoms with Crippen molar-refractivity contribution in [2.24, 2.45) is 0 Å². The van der Waals surface area contributed by atoms with E-state index in [1.165, 1.54) is 19.1 Å². The molecule has 2 amide bonds. The maximum Gasteiger partial charge on any atom is 0.350 e. The molecule has 0 spiro atoms. The Labute approximate surface area is 139 Å². The van der Waals surface area contributed by atoms with Crippen molar-refractivity contribution >= 4 is 28.0 Å². The molecule has 0 aromatic heterocycles. The first kappa shape index (κ1) is 18.0. The maximum absolute atomic E-state index is 12.1. The molecule has 0 radical (unpaired) electrons. The molecule has 0 aliphatic carbocycles. The molecule has 24 heavy (non-hydrogen) atoms. The zero-order valence-electron chi connectivity index (χ0n) is 13.3. The third kappa shape index (κ3) is 3.78. The first-order chi connectivity index (χ1) is 11.1. The molecule has 1 unspecified atom stereocenters. The second-order valence-corrected chi connectivity index (χ2v) is 6.95. The summed E-state index contributed by atoms with van der Waals surface area (Å²) in [6.07, 6.45) is 0. The quantitative estimate of drug-likeness (QED) is 0.691. The number of fused-ring (bicyclic) bond motifs is 1. The average Bonchev–Trinajstić information content (AvgIpc) is 2.71. The molecule has 0 fully saturated rings. The Hall–Kier alpha value is -2.30. The van der Waals surface area contributed by atoms with Crippen LogP contribution in [0.5, 0.6) is 0 Å². The number of rotatable bonds is 6. The van der Waals surface area contributed by atoms with Crippen molar-refractivity contribution in [3.8, 4) is 0 Å². The van der Waals surface area contributed by atoms with Gasteiger partial charge < -0.3 is 4.84 Å². The van der Waals surface area contributed by atoms with E-state index in [1.54, 1.807) is 26.0 Å². The molecule has 2 rings (SSSR count). The lowest BCUT2D eigenvalue weighted by atomic mass is 10.1. The SMILES string of the molecule is CC(C)NS(=O)(=O)NC(C)C(=O)ON1C(=O)c2ccccc2C1=O. The van der Waals surface area contributed by atoms with Crippen molar-refractivity contribution < 1.29 is 27.6 Å². The van der Waals surface area contributed by atoms with Crippen LogP contribution in [0.2, 0.25) is 0 Å². The fraction of sp³-hybridized carbons (Fsp3) is 0.357. The van der Waals surface area contributed by atoms with Crippen molar-refractivity contribution in [3.05, 3.63) is 35.4 Å². The lowest BCUT2D eigenvalue weighted by molar-refractivity contribution is -0.170. The zero-order chi connectivity index (χ0) is 18.1. The molecule has 1 aromatic carbocycles. The van der Waals surface area contributed by atoms with Gasteiger partial charge in [0, 0.05) is 6.04 Å². The Bertz CT molecular complexity index is 754. The summed E-state index contributed by atoms with van der Waals surface area (Å²) in [6, 6.07) is 4.34. The van der Waals surface area contributed by atoms with Crippen LogP contribution in [0.1, 0.15) is 41.5 Å². The summed E-state index contributed by atoms with van der Waals surface area (Å²) in [7, 11) is -3.93. The molecular formula is C14H17N3O6S. The lowest BCUT2D eigenvalue weighted by Crippen LogP contribution is -2.49. The molecule has 1 heterocycles. The van der Waals surface area contributed by atoms with Crippen LogP contribution in [0.4, 0.5) is 0 Å². The molecule has 10 heteroatoms.